The highest BCUT2D eigenvalue weighted by Gasteiger charge is 2.23. The van der Waals surface area contributed by atoms with E-state index in [1.807, 2.05) is 18.2 Å². The van der Waals surface area contributed by atoms with Crippen LogP contribution >= 0.6 is 24.1 Å². The minimum atomic E-state index is -3.73. The summed E-state index contributed by atoms with van der Waals surface area (Å²) in [6.07, 6.45) is 0.964. The van der Waals surface area contributed by atoms with Crippen LogP contribution in [-0.2, 0) is 23.0 Å². The Bertz CT molecular complexity index is 1030. The highest BCUT2D eigenvalue weighted by Crippen LogP contribution is 2.28. The van der Waals surface area contributed by atoms with E-state index in [0.29, 0.717) is 22.3 Å². The Morgan fingerprint density at radius 1 is 1.16 bits per heavy atom. The number of aromatic nitrogens is 2. The number of halogens is 1. The number of nitrogens with one attached hydrogen (secondary N) is 2. The molecule has 2 N–H and O–H groups in total. The summed E-state index contributed by atoms with van der Waals surface area (Å²) in [5, 5.41) is 3.30. The highest BCUT2D eigenvalue weighted by molar-refractivity contribution is 7.93. The minimum absolute atomic E-state index is 0. The smallest absolute Gasteiger partial charge is 0.264 e. The van der Waals surface area contributed by atoms with Gasteiger partial charge in [-0.3, -0.25) is 4.72 Å². The van der Waals surface area contributed by atoms with Crippen molar-refractivity contribution in [2.75, 3.05) is 11.3 Å². The second-order valence-electron chi connectivity index (χ2n) is 5.86. The molecule has 0 unspecified atom stereocenters. The molecule has 2 aromatic carbocycles. The zero-order valence-electron chi connectivity index (χ0n) is 13.4. The number of hydrogen-bond acceptors (Lipinski definition) is 6. The van der Waals surface area contributed by atoms with Gasteiger partial charge in [0.15, 0.2) is 0 Å². The highest BCUT2D eigenvalue weighted by atomic mass is 35.5. The fraction of sp³-hybridized carbons (Fsp3) is 0.250. The maximum atomic E-state index is 12.9. The molecule has 0 amide bonds. The lowest BCUT2D eigenvalue weighted by atomic mass is 10.0. The molecule has 9 heteroatoms. The maximum Gasteiger partial charge on any atom is 0.264 e. The first-order valence-electron chi connectivity index (χ1n) is 7.62. The van der Waals surface area contributed by atoms with Gasteiger partial charge in [-0.1, -0.05) is 12.1 Å². The van der Waals surface area contributed by atoms with Gasteiger partial charge in [-0.15, -0.1) is 12.4 Å². The number of hydrogen-bond donors (Lipinski definition) is 2. The predicted octanol–water partition coefficient (Wildman–Crippen LogP) is 2.87. The molecule has 0 saturated heterocycles. The van der Waals surface area contributed by atoms with E-state index in [9.17, 15) is 8.42 Å². The van der Waals surface area contributed by atoms with E-state index in [1.54, 1.807) is 19.1 Å². The molecule has 6 nitrogen and oxygen atoms in total. The third kappa shape index (κ3) is 3.35. The summed E-state index contributed by atoms with van der Waals surface area (Å²) in [6, 6.07) is 9.25. The van der Waals surface area contributed by atoms with Crippen LogP contribution in [0.15, 0.2) is 35.2 Å². The molecule has 4 rings (SSSR count). The fourth-order valence-electron chi connectivity index (χ4n) is 3.02. The predicted molar refractivity (Wildman–Crippen MR) is 102 cm³/mol. The summed E-state index contributed by atoms with van der Waals surface area (Å²) in [4.78, 5) is 0.199. The summed E-state index contributed by atoms with van der Waals surface area (Å²) in [5.74, 6) is 0. The van der Waals surface area contributed by atoms with Crippen molar-refractivity contribution in [2.45, 2.75) is 24.8 Å². The summed E-state index contributed by atoms with van der Waals surface area (Å²) < 4.78 is 36.8. The van der Waals surface area contributed by atoms with Crippen LogP contribution in [-0.4, -0.2) is 23.7 Å². The summed E-state index contributed by atoms with van der Waals surface area (Å²) >= 11 is 1.02. The summed E-state index contributed by atoms with van der Waals surface area (Å²) in [5.41, 5.74) is 4.64. The molecule has 0 aliphatic carbocycles. The second kappa shape index (κ2) is 6.87. The van der Waals surface area contributed by atoms with Crippen molar-refractivity contribution in [3.8, 4) is 0 Å². The Hall–Kier alpha value is -1.74. The molecule has 0 bridgehead atoms. The third-order valence-electron chi connectivity index (χ3n) is 4.19. The van der Waals surface area contributed by atoms with Gasteiger partial charge in [0.25, 0.3) is 10.0 Å². The zero-order valence-corrected chi connectivity index (χ0v) is 15.9. The van der Waals surface area contributed by atoms with E-state index < -0.39 is 10.0 Å². The van der Waals surface area contributed by atoms with Gasteiger partial charge in [0.05, 0.1) is 11.7 Å². The first-order valence-corrected chi connectivity index (χ1v) is 9.83. The van der Waals surface area contributed by atoms with Crippen molar-refractivity contribution < 1.29 is 8.42 Å². The summed E-state index contributed by atoms with van der Waals surface area (Å²) in [6.45, 7) is 3.48. The van der Waals surface area contributed by atoms with E-state index in [4.69, 9.17) is 0 Å². The standard InChI is InChI=1S/C16H16N4O2S2.ClH/c1-10-2-5-14-15(19-23-18-14)16(10)24(21,22)20-13-4-3-11-6-7-17-9-12(11)8-13;/h2-5,8,17,20H,6-7,9H2,1H3;1H. The molecule has 0 spiro atoms. The molecule has 0 atom stereocenters. The number of rotatable bonds is 3. The topological polar surface area (TPSA) is 84.0 Å². The SMILES string of the molecule is Cc1ccc2nsnc2c1S(=O)(=O)Nc1ccc2c(c1)CNCC2.Cl. The van der Waals surface area contributed by atoms with Crippen molar-refractivity contribution in [3.05, 3.63) is 47.0 Å². The first kappa shape index (κ1) is 18.1. The van der Waals surface area contributed by atoms with Gasteiger partial charge in [-0.25, -0.2) is 8.42 Å². The van der Waals surface area contributed by atoms with Crippen LogP contribution < -0.4 is 10.0 Å². The van der Waals surface area contributed by atoms with Crippen molar-refractivity contribution >= 4 is 50.9 Å². The number of sulfonamides is 1. The Morgan fingerprint density at radius 3 is 2.84 bits per heavy atom. The lowest BCUT2D eigenvalue weighted by Crippen LogP contribution is -2.24. The van der Waals surface area contributed by atoms with Gasteiger partial charge in [0.2, 0.25) is 0 Å². The van der Waals surface area contributed by atoms with Crippen molar-refractivity contribution in [1.29, 1.82) is 0 Å². The van der Waals surface area contributed by atoms with Gasteiger partial charge in [-0.2, -0.15) is 8.75 Å². The molecular formula is C16H17ClN4O2S2. The lowest BCUT2D eigenvalue weighted by molar-refractivity contribution is 0.601. The van der Waals surface area contributed by atoms with E-state index in [0.717, 1.165) is 36.8 Å². The number of benzene rings is 2. The lowest BCUT2D eigenvalue weighted by Gasteiger charge is -2.18. The van der Waals surface area contributed by atoms with Gasteiger partial charge in [0.1, 0.15) is 15.9 Å². The number of nitrogens with zero attached hydrogens (tertiary/aromatic N) is 2. The minimum Gasteiger partial charge on any atom is -0.312 e. The number of fused-ring (bicyclic) bond motifs is 2. The van der Waals surface area contributed by atoms with Gasteiger partial charge in [-0.05, 0) is 54.8 Å². The third-order valence-corrected chi connectivity index (χ3v) is 6.29. The molecule has 2 heterocycles. The fourth-order valence-corrected chi connectivity index (χ4v) is 5.05. The number of aryl methyl sites for hydroxylation is 1. The maximum absolute atomic E-state index is 12.9. The van der Waals surface area contributed by atoms with Crippen molar-refractivity contribution in [3.63, 3.8) is 0 Å². The van der Waals surface area contributed by atoms with Gasteiger partial charge in [0, 0.05) is 12.2 Å². The van der Waals surface area contributed by atoms with Crippen LogP contribution in [0.2, 0.25) is 0 Å². The van der Waals surface area contributed by atoms with Crippen LogP contribution in [0.5, 0.6) is 0 Å². The zero-order chi connectivity index (χ0) is 16.7. The van der Waals surface area contributed by atoms with E-state index in [-0.39, 0.29) is 17.3 Å². The summed E-state index contributed by atoms with van der Waals surface area (Å²) in [7, 11) is -3.73. The molecule has 132 valence electrons. The van der Waals surface area contributed by atoms with Crippen molar-refractivity contribution in [1.82, 2.24) is 14.1 Å². The molecule has 0 saturated carbocycles. The molecule has 0 radical (unpaired) electrons. The Balaban J connectivity index is 0.00000182. The Kier molecular flexibility index (Phi) is 4.97. The van der Waals surface area contributed by atoms with Crippen LogP contribution in [0.25, 0.3) is 11.0 Å². The average Bonchev–Trinajstić information content (AvgIpc) is 3.02. The molecule has 1 aliphatic rings. The van der Waals surface area contributed by atoms with Crippen LogP contribution in [0.3, 0.4) is 0 Å². The molecule has 25 heavy (non-hydrogen) atoms. The monoisotopic (exact) mass is 396 g/mol. The molecule has 0 fully saturated rings. The molecular weight excluding hydrogens is 380 g/mol. The number of anilines is 1. The quantitative estimate of drug-likeness (QED) is 0.711. The normalized spacial score (nSPS) is 14.0. The Labute approximate surface area is 156 Å². The first-order chi connectivity index (χ1) is 11.5. The van der Waals surface area contributed by atoms with E-state index >= 15 is 0 Å². The second-order valence-corrected chi connectivity index (χ2v) is 8.01. The van der Waals surface area contributed by atoms with E-state index in [2.05, 4.69) is 18.8 Å². The van der Waals surface area contributed by atoms with Gasteiger partial charge >= 0.3 is 0 Å². The molecule has 1 aliphatic heterocycles. The molecule has 3 aromatic rings. The van der Waals surface area contributed by atoms with Crippen LogP contribution in [0, 0.1) is 6.92 Å². The largest absolute Gasteiger partial charge is 0.312 e. The molecule has 1 aromatic heterocycles. The van der Waals surface area contributed by atoms with Crippen molar-refractivity contribution in [2.24, 2.45) is 0 Å². The Morgan fingerprint density at radius 2 is 2.00 bits per heavy atom. The van der Waals surface area contributed by atoms with E-state index in [1.165, 1.54) is 5.56 Å². The average molecular weight is 397 g/mol. The van der Waals surface area contributed by atoms with Crippen LogP contribution in [0.1, 0.15) is 16.7 Å². The van der Waals surface area contributed by atoms with Crippen LogP contribution in [0.4, 0.5) is 5.69 Å². The van der Waals surface area contributed by atoms with Gasteiger partial charge < -0.3 is 5.32 Å².